The summed E-state index contributed by atoms with van der Waals surface area (Å²) in [5.41, 5.74) is 1.15. The number of rotatable bonds is 5. The maximum absolute atomic E-state index is 12.3. The van der Waals surface area contributed by atoms with Crippen LogP contribution in [0.3, 0.4) is 0 Å². The molecule has 2 N–H and O–H groups in total. The molecule has 0 heterocycles. The number of hydrogen-bond donors (Lipinski definition) is 2. The van der Waals surface area contributed by atoms with Crippen LogP contribution in [0, 0.1) is 0 Å². The van der Waals surface area contributed by atoms with Crippen molar-refractivity contribution in [3.8, 4) is 0 Å². The van der Waals surface area contributed by atoms with Crippen LogP contribution < -0.4 is 10.0 Å². The summed E-state index contributed by atoms with van der Waals surface area (Å²) < 4.78 is 27.0. The zero-order valence-electron chi connectivity index (χ0n) is 12.3. The van der Waals surface area contributed by atoms with Crippen molar-refractivity contribution in [3.63, 3.8) is 0 Å². The van der Waals surface area contributed by atoms with Crippen molar-refractivity contribution < 1.29 is 13.2 Å². The number of sulfonamides is 1. The van der Waals surface area contributed by atoms with Crippen LogP contribution in [0.4, 0.5) is 5.69 Å². The number of carbonyl (C=O) groups is 1. The van der Waals surface area contributed by atoms with Gasteiger partial charge < -0.3 is 5.32 Å². The largest absolute Gasteiger partial charge is 0.356 e. The Morgan fingerprint density at radius 1 is 1.04 bits per heavy atom. The molecule has 0 atom stereocenters. The molecule has 2 aromatic rings. The van der Waals surface area contributed by atoms with Gasteiger partial charge in [-0.3, -0.25) is 9.52 Å². The third kappa shape index (κ3) is 4.84. The monoisotopic (exact) mass is 350 g/mol. The molecule has 0 spiro atoms. The van der Waals surface area contributed by atoms with Gasteiger partial charge in [0.2, 0.25) is 5.91 Å². The number of nitrogens with one attached hydrogen (secondary N) is 2. The normalized spacial score (nSPS) is 11.4. The van der Waals surface area contributed by atoms with Gasteiger partial charge in [0.05, 0.1) is 4.90 Å². The number of carbonyl (C=O) groups excluding carboxylic acids is 1. The van der Waals surface area contributed by atoms with E-state index in [1.54, 1.807) is 42.5 Å². The first-order chi connectivity index (χ1) is 10.9. The van der Waals surface area contributed by atoms with Crippen LogP contribution in [0.2, 0.25) is 5.02 Å². The zero-order valence-corrected chi connectivity index (χ0v) is 13.9. The third-order valence-electron chi connectivity index (χ3n) is 2.96. The predicted molar refractivity (Wildman–Crippen MR) is 91.8 cm³/mol. The number of hydrogen-bond acceptors (Lipinski definition) is 3. The summed E-state index contributed by atoms with van der Waals surface area (Å²) in [5.74, 6) is -0.230. The number of benzene rings is 2. The van der Waals surface area contributed by atoms with Crippen LogP contribution in [-0.4, -0.2) is 21.4 Å². The highest BCUT2D eigenvalue weighted by atomic mass is 35.5. The minimum absolute atomic E-state index is 0.129. The summed E-state index contributed by atoms with van der Waals surface area (Å²) in [4.78, 5) is 11.3. The molecule has 2 aromatic carbocycles. The maximum Gasteiger partial charge on any atom is 0.261 e. The van der Waals surface area contributed by atoms with Gasteiger partial charge in [0, 0.05) is 23.8 Å². The minimum atomic E-state index is -3.68. The van der Waals surface area contributed by atoms with Gasteiger partial charge in [0.25, 0.3) is 10.0 Å². The van der Waals surface area contributed by atoms with E-state index in [1.165, 1.54) is 25.3 Å². The SMILES string of the molecule is CNC(=O)/C=C/c1ccc(S(=O)(=O)Nc2ccc(Cl)cc2)cc1. The lowest BCUT2D eigenvalue weighted by atomic mass is 10.2. The lowest BCUT2D eigenvalue weighted by Crippen LogP contribution is -2.14. The highest BCUT2D eigenvalue weighted by molar-refractivity contribution is 7.92. The predicted octanol–water partition coefficient (Wildman–Crippen LogP) is 2.90. The smallest absolute Gasteiger partial charge is 0.261 e. The van der Waals surface area contributed by atoms with Gasteiger partial charge >= 0.3 is 0 Å². The third-order valence-corrected chi connectivity index (χ3v) is 4.61. The molecule has 0 saturated heterocycles. The van der Waals surface area contributed by atoms with Gasteiger partial charge in [-0.15, -0.1) is 0 Å². The van der Waals surface area contributed by atoms with Gasteiger partial charge in [-0.25, -0.2) is 8.42 Å². The molecule has 0 aliphatic rings. The Morgan fingerprint density at radius 3 is 2.22 bits per heavy atom. The van der Waals surface area contributed by atoms with Gasteiger partial charge in [0.1, 0.15) is 0 Å². The second kappa shape index (κ2) is 7.30. The maximum atomic E-state index is 12.3. The minimum Gasteiger partial charge on any atom is -0.356 e. The molecular formula is C16H15ClN2O3S. The van der Waals surface area contributed by atoms with Crippen LogP contribution >= 0.6 is 11.6 Å². The molecule has 5 nitrogen and oxygen atoms in total. The Balaban J connectivity index is 2.15. The van der Waals surface area contributed by atoms with E-state index >= 15 is 0 Å². The molecule has 0 bridgehead atoms. The Morgan fingerprint density at radius 2 is 1.65 bits per heavy atom. The summed E-state index contributed by atoms with van der Waals surface area (Å²) in [6.45, 7) is 0. The molecule has 120 valence electrons. The molecule has 0 saturated carbocycles. The van der Waals surface area contributed by atoms with E-state index in [0.717, 1.165) is 5.56 Å². The Labute approximate surface area is 140 Å². The van der Waals surface area contributed by atoms with E-state index in [1.807, 2.05) is 0 Å². The zero-order chi connectivity index (χ0) is 16.9. The lowest BCUT2D eigenvalue weighted by Gasteiger charge is -2.08. The first-order valence-corrected chi connectivity index (χ1v) is 8.55. The summed E-state index contributed by atoms with van der Waals surface area (Å²) in [5, 5.41) is 2.99. The molecule has 0 aliphatic heterocycles. The highest BCUT2D eigenvalue weighted by Gasteiger charge is 2.13. The first-order valence-electron chi connectivity index (χ1n) is 6.69. The summed E-state index contributed by atoms with van der Waals surface area (Å²) >= 11 is 5.77. The van der Waals surface area contributed by atoms with Crippen molar-refractivity contribution in [2.24, 2.45) is 0 Å². The molecule has 0 fully saturated rings. The van der Waals surface area contributed by atoms with E-state index in [0.29, 0.717) is 10.7 Å². The molecule has 0 radical (unpaired) electrons. The Bertz CT molecular complexity index is 813. The molecule has 0 aromatic heterocycles. The Kier molecular flexibility index (Phi) is 5.41. The van der Waals surface area contributed by atoms with Crippen LogP contribution in [0.1, 0.15) is 5.56 Å². The Hall–Kier alpha value is -2.31. The van der Waals surface area contributed by atoms with Crippen LogP contribution in [-0.2, 0) is 14.8 Å². The second-order valence-electron chi connectivity index (χ2n) is 4.63. The average Bonchev–Trinajstić information content (AvgIpc) is 2.55. The van der Waals surface area contributed by atoms with Gasteiger partial charge in [-0.2, -0.15) is 0 Å². The fourth-order valence-corrected chi connectivity index (χ4v) is 2.93. The van der Waals surface area contributed by atoms with Gasteiger partial charge in [0.15, 0.2) is 0 Å². The van der Waals surface area contributed by atoms with E-state index in [9.17, 15) is 13.2 Å². The quantitative estimate of drug-likeness (QED) is 0.814. The average molecular weight is 351 g/mol. The summed E-state index contributed by atoms with van der Waals surface area (Å²) in [6, 6.07) is 12.6. The van der Waals surface area contributed by atoms with Crippen LogP contribution in [0.5, 0.6) is 0 Å². The van der Waals surface area contributed by atoms with Gasteiger partial charge in [-0.1, -0.05) is 23.7 Å². The fourth-order valence-electron chi connectivity index (χ4n) is 1.75. The standard InChI is InChI=1S/C16H15ClN2O3S/c1-18-16(20)11-4-12-2-9-15(10-3-12)23(21,22)19-14-7-5-13(17)6-8-14/h2-11,19H,1H3,(H,18,20)/b11-4+. The van der Waals surface area contributed by atoms with Crippen molar-refractivity contribution in [1.29, 1.82) is 0 Å². The molecule has 0 unspecified atom stereocenters. The van der Waals surface area contributed by atoms with E-state index in [4.69, 9.17) is 11.6 Å². The summed E-state index contributed by atoms with van der Waals surface area (Å²) in [6.07, 6.45) is 2.97. The first kappa shape index (κ1) is 17.1. The molecule has 2 rings (SSSR count). The molecular weight excluding hydrogens is 336 g/mol. The lowest BCUT2D eigenvalue weighted by molar-refractivity contribution is -0.115. The van der Waals surface area contributed by atoms with Gasteiger partial charge in [-0.05, 0) is 48.0 Å². The van der Waals surface area contributed by atoms with Crippen molar-refractivity contribution in [2.45, 2.75) is 4.90 Å². The number of amides is 1. The number of halogens is 1. The second-order valence-corrected chi connectivity index (χ2v) is 6.75. The van der Waals surface area contributed by atoms with E-state index < -0.39 is 10.0 Å². The van der Waals surface area contributed by atoms with E-state index in [-0.39, 0.29) is 10.8 Å². The van der Waals surface area contributed by atoms with Crippen molar-refractivity contribution in [3.05, 3.63) is 65.2 Å². The van der Waals surface area contributed by atoms with Crippen molar-refractivity contribution >= 4 is 39.3 Å². The molecule has 0 aliphatic carbocycles. The molecule has 7 heteroatoms. The molecule has 23 heavy (non-hydrogen) atoms. The molecule has 1 amide bonds. The summed E-state index contributed by atoms with van der Waals surface area (Å²) in [7, 11) is -2.14. The highest BCUT2D eigenvalue weighted by Crippen LogP contribution is 2.19. The van der Waals surface area contributed by atoms with Crippen molar-refractivity contribution in [1.82, 2.24) is 5.32 Å². The topological polar surface area (TPSA) is 75.3 Å². The number of likely N-dealkylation sites (N-methyl/N-ethyl adjacent to an activating group) is 1. The van der Waals surface area contributed by atoms with Crippen molar-refractivity contribution in [2.75, 3.05) is 11.8 Å². The van der Waals surface area contributed by atoms with Crippen LogP contribution in [0.15, 0.2) is 59.5 Å². The fraction of sp³-hybridized carbons (Fsp3) is 0.0625. The van der Waals surface area contributed by atoms with Crippen LogP contribution in [0.25, 0.3) is 6.08 Å². The number of anilines is 1. The van der Waals surface area contributed by atoms with E-state index in [2.05, 4.69) is 10.0 Å².